The zero-order valence-electron chi connectivity index (χ0n) is 10.5. The third kappa shape index (κ3) is 4.15. The van der Waals surface area contributed by atoms with Gasteiger partial charge in [-0.2, -0.15) is 0 Å². The molecule has 2 heteroatoms. The number of hydrogen-bond donors (Lipinski definition) is 1. The molecule has 0 saturated carbocycles. The van der Waals surface area contributed by atoms with Gasteiger partial charge in [0.05, 0.1) is 6.10 Å². The largest absolute Gasteiger partial charge is 0.388 e. The van der Waals surface area contributed by atoms with Gasteiger partial charge < -0.3 is 5.11 Å². The standard InChI is InChI=1S/C14H21ClO/c1-10(9-14(2,3)4)13(16)11-6-5-7-12(15)8-11/h5-8,10,13,16H,9H2,1-4H3/t10-,13-/m0/s1. The molecule has 1 aromatic rings. The Balaban J connectivity index is 2.74. The van der Waals surface area contributed by atoms with Crippen LogP contribution in [-0.4, -0.2) is 5.11 Å². The lowest BCUT2D eigenvalue weighted by atomic mass is 9.81. The number of hydrogen-bond acceptors (Lipinski definition) is 1. The monoisotopic (exact) mass is 240 g/mol. The van der Waals surface area contributed by atoms with Crippen LogP contribution in [0, 0.1) is 11.3 Å². The molecule has 0 aromatic heterocycles. The minimum atomic E-state index is -0.432. The molecule has 0 saturated heterocycles. The molecule has 0 radical (unpaired) electrons. The smallest absolute Gasteiger partial charge is 0.0816 e. The van der Waals surface area contributed by atoms with Crippen LogP contribution in [0.2, 0.25) is 5.02 Å². The minimum absolute atomic E-state index is 0.235. The summed E-state index contributed by atoms with van der Waals surface area (Å²) in [6, 6.07) is 7.47. The van der Waals surface area contributed by atoms with E-state index in [0.717, 1.165) is 12.0 Å². The maximum atomic E-state index is 10.2. The van der Waals surface area contributed by atoms with Gasteiger partial charge in [0.15, 0.2) is 0 Å². The summed E-state index contributed by atoms with van der Waals surface area (Å²) in [7, 11) is 0. The van der Waals surface area contributed by atoms with E-state index in [1.165, 1.54) is 0 Å². The molecule has 0 spiro atoms. The fraction of sp³-hybridized carbons (Fsp3) is 0.571. The van der Waals surface area contributed by atoms with Gasteiger partial charge in [-0.1, -0.05) is 51.4 Å². The Morgan fingerprint density at radius 1 is 1.31 bits per heavy atom. The minimum Gasteiger partial charge on any atom is -0.388 e. The molecule has 0 amide bonds. The topological polar surface area (TPSA) is 20.2 Å². The molecule has 16 heavy (non-hydrogen) atoms. The SMILES string of the molecule is C[C@@H](CC(C)(C)C)[C@H](O)c1cccc(Cl)c1. The Kier molecular flexibility index (Phi) is 4.40. The van der Waals surface area contributed by atoms with Crippen LogP contribution in [0.1, 0.15) is 45.8 Å². The van der Waals surface area contributed by atoms with Crippen molar-refractivity contribution in [1.82, 2.24) is 0 Å². The van der Waals surface area contributed by atoms with Crippen LogP contribution in [0.5, 0.6) is 0 Å². The summed E-state index contributed by atoms with van der Waals surface area (Å²) in [5.74, 6) is 0.235. The van der Waals surface area contributed by atoms with Crippen molar-refractivity contribution >= 4 is 11.6 Å². The lowest BCUT2D eigenvalue weighted by molar-refractivity contribution is 0.0912. The van der Waals surface area contributed by atoms with Gasteiger partial charge in [0, 0.05) is 5.02 Å². The summed E-state index contributed by atoms with van der Waals surface area (Å²) in [4.78, 5) is 0. The van der Waals surface area contributed by atoms with Crippen LogP contribution in [0.4, 0.5) is 0 Å². The van der Waals surface area contributed by atoms with Crippen LogP contribution < -0.4 is 0 Å². The summed E-state index contributed by atoms with van der Waals surface area (Å²) in [6.07, 6.45) is 0.554. The van der Waals surface area contributed by atoms with Gasteiger partial charge in [-0.25, -0.2) is 0 Å². The van der Waals surface area contributed by atoms with E-state index in [4.69, 9.17) is 11.6 Å². The molecule has 0 aliphatic rings. The van der Waals surface area contributed by atoms with Crippen molar-refractivity contribution in [3.8, 4) is 0 Å². The van der Waals surface area contributed by atoms with E-state index in [1.54, 1.807) is 0 Å². The maximum Gasteiger partial charge on any atom is 0.0816 e. The Bertz CT molecular complexity index is 341. The Labute approximate surface area is 103 Å². The van der Waals surface area contributed by atoms with Crippen molar-refractivity contribution in [2.45, 2.75) is 40.2 Å². The molecule has 0 aliphatic heterocycles. The third-order valence-electron chi connectivity index (χ3n) is 2.66. The first-order valence-corrected chi connectivity index (χ1v) is 6.11. The second-order valence-corrected chi connectivity index (χ2v) is 6.18. The summed E-state index contributed by atoms with van der Waals surface area (Å²) >= 11 is 5.92. The highest BCUT2D eigenvalue weighted by Gasteiger charge is 2.22. The van der Waals surface area contributed by atoms with Crippen molar-refractivity contribution in [3.63, 3.8) is 0 Å². The van der Waals surface area contributed by atoms with Crippen LogP contribution in [0.15, 0.2) is 24.3 Å². The normalized spacial score (nSPS) is 15.9. The third-order valence-corrected chi connectivity index (χ3v) is 2.90. The molecule has 1 N–H and O–H groups in total. The summed E-state index contributed by atoms with van der Waals surface area (Å²) in [6.45, 7) is 8.65. The van der Waals surface area contributed by atoms with E-state index < -0.39 is 6.10 Å². The summed E-state index contributed by atoms with van der Waals surface area (Å²) < 4.78 is 0. The summed E-state index contributed by atoms with van der Waals surface area (Å²) in [5.41, 5.74) is 1.14. The van der Waals surface area contributed by atoms with Gasteiger partial charge in [-0.05, 0) is 35.4 Å². The van der Waals surface area contributed by atoms with Crippen LogP contribution in [-0.2, 0) is 0 Å². The molecule has 1 nitrogen and oxygen atoms in total. The zero-order valence-corrected chi connectivity index (χ0v) is 11.3. The van der Waals surface area contributed by atoms with Gasteiger partial charge >= 0.3 is 0 Å². The Hall–Kier alpha value is -0.530. The molecule has 0 heterocycles. The fourth-order valence-electron chi connectivity index (χ4n) is 2.10. The highest BCUT2D eigenvalue weighted by molar-refractivity contribution is 6.30. The number of rotatable bonds is 3. The van der Waals surface area contributed by atoms with E-state index in [2.05, 4.69) is 27.7 Å². The van der Waals surface area contributed by atoms with Crippen molar-refractivity contribution < 1.29 is 5.11 Å². The van der Waals surface area contributed by atoms with Crippen molar-refractivity contribution in [2.24, 2.45) is 11.3 Å². The predicted molar refractivity (Wildman–Crippen MR) is 69.6 cm³/mol. The van der Waals surface area contributed by atoms with Crippen molar-refractivity contribution in [1.29, 1.82) is 0 Å². The first kappa shape index (κ1) is 13.5. The highest BCUT2D eigenvalue weighted by Crippen LogP contribution is 2.33. The molecule has 1 aromatic carbocycles. The molecular weight excluding hydrogens is 220 g/mol. The first-order valence-electron chi connectivity index (χ1n) is 5.73. The quantitative estimate of drug-likeness (QED) is 0.828. The van der Waals surface area contributed by atoms with Crippen LogP contribution >= 0.6 is 11.6 Å². The highest BCUT2D eigenvalue weighted by atomic mass is 35.5. The molecular formula is C14H21ClO. The molecule has 0 bridgehead atoms. The number of aliphatic hydroxyl groups excluding tert-OH is 1. The van der Waals surface area contributed by atoms with Crippen LogP contribution in [0.25, 0.3) is 0 Å². The van der Waals surface area contributed by atoms with E-state index in [0.29, 0.717) is 5.02 Å². The van der Waals surface area contributed by atoms with E-state index in [-0.39, 0.29) is 11.3 Å². The number of aliphatic hydroxyl groups is 1. The molecule has 1 rings (SSSR count). The average Bonchev–Trinajstić information content (AvgIpc) is 2.14. The first-order chi connectivity index (χ1) is 7.29. The number of benzene rings is 1. The van der Waals surface area contributed by atoms with E-state index in [1.807, 2.05) is 24.3 Å². The maximum absolute atomic E-state index is 10.2. The predicted octanol–water partition coefficient (Wildman–Crippen LogP) is 4.45. The Morgan fingerprint density at radius 2 is 1.94 bits per heavy atom. The lowest BCUT2D eigenvalue weighted by Gasteiger charge is -2.27. The average molecular weight is 241 g/mol. The summed E-state index contributed by atoms with van der Waals surface area (Å²) in [5, 5.41) is 10.9. The van der Waals surface area contributed by atoms with Crippen molar-refractivity contribution in [3.05, 3.63) is 34.9 Å². The second kappa shape index (κ2) is 5.20. The van der Waals surface area contributed by atoms with Gasteiger partial charge in [0.1, 0.15) is 0 Å². The van der Waals surface area contributed by atoms with E-state index >= 15 is 0 Å². The lowest BCUT2D eigenvalue weighted by Crippen LogP contribution is -2.17. The van der Waals surface area contributed by atoms with Gasteiger partial charge in [-0.3, -0.25) is 0 Å². The molecule has 90 valence electrons. The molecule has 0 fully saturated rings. The van der Waals surface area contributed by atoms with Gasteiger partial charge in [0.2, 0.25) is 0 Å². The number of halogens is 1. The molecule has 0 aliphatic carbocycles. The second-order valence-electron chi connectivity index (χ2n) is 5.74. The Morgan fingerprint density at radius 3 is 2.44 bits per heavy atom. The molecule has 0 unspecified atom stereocenters. The van der Waals surface area contributed by atoms with Gasteiger partial charge in [0.25, 0.3) is 0 Å². The zero-order chi connectivity index (χ0) is 12.3. The van der Waals surface area contributed by atoms with Crippen LogP contribution in [0.3, 0.4) is 0 Å². The van der Waals surface area contributed by atoms with Gasteiger partial charge in [-0.15, -0.1) is 0 Å². The fourth-order valence-corrected chi connectivity index (χ4v) is 2.30. The molecule has 2 atom stereocenters. The van der Waals surface area contributed by atoms with E-state index in [9.17, 15) is 5.11 Å². The van der Waals surface area contributed by atoms with Crippen molar-refractivity contribution in [2.75, 3.05) is 0 Å².